The second kappa shape index (κ2) is 6.94. The number of nitrogens with zero attached hydrogens (tertiary/aromatic N) is 3. The zero-order chi connectivity index (χ0) is 16.4. The third-order valence-corrected chi connectivity index (χ3v) is 4.56. The molecule has 23 heavy (non-hydrogen) atoms. The number of halogens is 4. The van der Waals surface area contributed by atoms with Gasteiger partial charge in [-0.15, -0.1) is 10.2 Å². The van der Waals surface area contributed by atoms with Crippen LogP contribution in [0.5, 0.6) is 5.75 Å². The maximum Gasteiger partial charge on any atom is 0.204 e. The molecule has 0 spiro atoms. The van der Waals surface area contributed by atoms with Crippen molar-refractivity contribution in [1.29, 1.82) is 0 Å². The van der Waals surface area contributed by atoms with Gasteiger partial charge in [0.1, 0.15) is 18.2 Å². The molecule has 0 fully saturated rings. The molecular formula is C14H8Br2ClFN4O. The van der Waals surface area contributed by atoms with Crippen molar-refractivity contribution in [3.8, 4) is 17.1 Å². The highest BCUT2D eigenvalue weighted by Gasteiger charge is 2.14. The van der Waals surface area contributed by atoms with Gasteiger partial charge < -0.3 is 4.74 Å². The summed E-state index contributed by atoms with van der Waals surface area (Å²) in [6.45, 7) is 0.00423. The van der Waals surface area contributed by atoms with Crippen molar-refractivity contribution in [3.63, 3.8) is 0 Å². The van der Waals surface area contributed by atoms with Crippen LogP contribution >= 0.6 is 43.5 Å². The largest absolute Gasteiger partial charge is 0.486 e. The van der Waals surface area contributed by atoms with E-state index < -0.39 is 5.82 Å². The van der Waals surface area contributed by atoms with Crippen molar-refractivity contribution >= 4 is 43.5 Å². The lowest BCUT2D eigenvalue weighted by Gasteiger charge is -2.12. The van der Waals surface area contributed by atoms with E-state index in [-0.39, 0.29) is 6.61 Å². The van der Waals surface area contributed by atoms with Crippen LogP contribution in [0.15, 0.2) is 39.3 Å². The quantitative estimate of drug-likeness (QED) is 0.607. The van der Waals surface area contributed by atoms with E-state index >= 15 is 0 Å². The fourth-order valence-electron chi connectivity index (χ4n) is 1.93. The highest BCUT2D eigenvalue weighted by atomic mass is 79.9. The molecule has 118 valence electrons. The number of benzene rings is 2. The number of H-pyrrole nitrogens is 1. The summed E-state index contributed by atoms with van der Waals surface area (Å²) >= 11 is 12.9. The van der Waals surface area contributed by atoms with Crippen LogP contribution in [0.4, 0.5) is 4.39 Å². The molecule has 3 aromatic rings. The molecule has 0 saturated carbocycles. The molecule has 0 unspecified atom stereocenters. The lowest BCUT2D eigenvalue weighted by molar-refractivity contribution is 0.296. The normalized spacial score (nSPS) is 10.8. The minimum absolute atomic E-state index is 0.00423. The van der Waals surface area contributed by atoms with Crippen molar-refractivity contribution in [2.45, 2.75) is 6.61 Å². The van der Waals surface area contributed by atoms with E-state index in [0.29, 0.717) is 31.1 Å². The lowest BCUT2D eigenvalue weighted by Crippen LogP contribution is -2.01. The fourth-order valence-corrected chi connectivity index (χ4v) is 3.56. The van der Waals surface area contributed by atoms with E-state index in [1.54, 1.807) is 24.3 Å². The third-order valence-electron chi connectivity index (χ3n) is 3.02. The average molecular weight is 463 g/mol. The third kappa shape index (κ3) is 3.54. The van der Waals surface area contributed by atoms with Crippen LogP contribution in [-0.4, -0.2) is 20.6 Å². The van der Waals surface area contributed by atoms with Gasteiger partial charge in [-0.3, -0.25) is 0 Å². The molecule has 0 atom stereocenters. The molecule has 0 amide bonds. The summed E-state index contributed by atoms with van der Waals surface area (Å²) in [5, 5.41) is 14.1. The molecule has 0 aliphatic carbocycles. The lowest BCUT2D eigenvalue weighted by atomic mass is 10.2. The number of hydrogen-bond acceptors (Lipinski definition) is 4. The molecule has 1 aromatic heterocycles. The van der Waals surface area contributed by atoms with Gasteiger partial charge in [-0.2, -0.15) is 5.21 Å². The SMILES string of the molecule is Fc1cccc(Cl)c1COc1c(Br)cc(-c2nn[nH]n2)cc1Br. The van der Waals surface area contributed by atoms with Gasteiger partial charge in [-0.05, 0) is 61.3 Å². The van der Waals surface area contributed by atoms with E-state index in [2.05, 4.69) is 52.5 Å². The van der Waals surface area contributed by atoms with E-state index in [1.807, 2.05) is 0 Å². The molecular weight excluding hydrogens is 454 g/mol. The van der Waals surface area contributed by atoms with Gasteiger partial charge in [-0.1, -0.05) is 17.7 Å². The molecule has 3 rings (SSSR count). The number of tetrazole rings is 1. The molecule has 1 N–H and O–H groups in total. The monoisotopic (exact) mass is 460 g/mol. The molecule has 0 aliphatic heterocycles. The molecule has 0 saturated heterocycles. The number of hydrogen-bond donors (Lipinski definition) is 1. The van der Waals surface area contributed by atoms with Gasteiger partial charge in [-0.25, -0.2) is 4.39 Å². The smallest absolute Gasteiger partial charge is 0.204 e. The van der Waals surface area contributed by atoms with Crippen LogP contribution in [0.2, 0.25) is 5.02 Å². The Kier molecular flexibility index (Phi) is 4.93. The Morgan fingerprint density at radius 2 is 1.96 bits per heavy atom. The first-order chi connectivity index (χ1) is 11.1. The highest BCUT2D eigenvalue weighted by Crippen LogP contribution is 2.38. The number of rotatable bonds is 4. The molecule has 0 radical (unpaired) electrons. The number of aromatic nitrogens is 4. The predicted octanol–water partition coefficient (Wildman–Crippen LogP) is 4.76. The Balaban J connectivity index is 1.86. The molecule has 2 aromatic carbocycles. The Morgan fingerprint density at radius 3 is 2.57 bits per heavy atom. The van der Waals surface area contributed by atoms with Gasteiger partial charge >= 0.3 is 0 Å². The summed E-state index contributed by atoms with van der Waals surface area (Å²) in [4.78, 5) is 0. The van der Waals surface area contributed by atoms with E-state index in [0.717, 1.165) is 5.56 Å². The van der Waals surface area contributed by atoms with E-state index in [1.165, 1.54) is 6.07 Å². The number of nitrogens with one attached hydrogen (secondary N) is 1. The van der Waals surface area contributed by atoms with Crippen molar-refractivity contribution in [2.24, 2.45) is 0 Å². The van der Waals surface area contributed by atoms with Crippen molar-refractivity contribution in [3.05, 3.63) is 55.7 Å². The second-order valence-corrected chi connectivity index (χ2v) is 6.61. The Morgan fingerprint density at radius 1 is 1.22 bits per heavy atom. The van der Waals surface area contributed by atoms with E-state index in [9.17, 15) is 4.39 Å². The second-order valence-electron chi connectivity index (χ2n) is 4.49. The zero-order valence-electron chi connectivity index (χ0n) is 11.4. The molecule has 0 aliphatic rings. The first kappa shape index (κ1) is 16.4. The minimum Gasteiger partial charge on any atom is -0.486 e. The van der Waals surface area contributed by atoms with Crippen molar-refractivity contribution in [1.82, 2.24) is 20.6 Å². The van der Waals surface area contributed by atoms with Gasteiger partial charge in [0.15, 0.2) is 0 Å². The molecule has 9 heteroatoms. The Bertz CT molecular complexity index is 802. The van der Waals surface area contributed by atoms with Crippen LogP contribution in [0.3, 0.4) is 0 Å². The summed E-state index contributed by atoms with van der Waals surface area (Å²) in [6.07, 6.45) is 0. The van der Waals surface area contributed by atoms with Gasteiger partial charge in [0, 0.05) is 11.1 Å². The Labute approximate surface area is 152 Å². The van der Waals surface area contributed by atoms with Crippen LogP contribution in [0.1, 0.15) is 5.56 Å². The summed E-state index contributed by atoms with van der Waals surface area (Å²) < 4.78 is 20.8. The predicted molar refractivity (Wildman–Crippen MR) is 90.8 cm³/mol. The first-order valence-corrected chi connectivity index (χ1v) is 8.31. The summed E-state index contributed by atoms with van der Waals surface area (Å²) in [7, 11) is 0. The summed E-state index contributed by atoms with van der Waals surface area (Å²) in [5.41, 5.74) is 1.05. The van der Waals surface area contributed by atoms with E-state index in [4.69, 9.17) is 16.3 Å². The fraction of sp³-hybridized carbons (Fsp3) is 0.0714. The molecule has 0 bridgehead atoms. The van der Waals surface area contributed by atoms with Crippen LogP contribution < -0.4 is 4.74 Å². The highest BCUT2D eigenvalue weighted by molar-refractivity contribution is 9.11. The van der Waals surface area contributed by atoms with Crippen LogP contribution in [-0.2, 0) is 6.61 Å². The van der Waals surface area contributed by atoms with Crippen LogP contribution in [0, 0.1) is 5.82 Å². The topological polar surface area (TPSA) is 63.7 Å². The van der Waals surface area contributed by atoms with Crippen molar-refractivity contribution < 1.29 is 9.13 Å². The first-order valence-electron chi connectivity index (χ1n) is 6.35. The number of aromatic amines is 1. The Hall–Kier alpha value is -1.51. The maximum atomic E-state index is 13.8. The van der Waals surface area contributed by atoms with Gasteiger partial charge in [0.2, 0.25) is 5.82 Å². The minimum atomic E-state index is -0.409. The standard InChI is InChI=1S/C14H8Br2ClFN4O/c15-9-4-7(14-19-21-22-20-14)5-10(16)13(9)23-6-8-11(17)2-1-3-12(8)18/h1-5H,6H2,(H,19,20,21,22). The van der Waals surface area contributed by atoms with Gasteiger partial charge in [0.05, 0.1) is 14.0 Å². The summed E-state index contributed by atoms with van der Waals surface area (Å²) in [5.74, 6) is 0.569. The average Bonchev–Trinajstić information content (AvgIpc) is 3.03. The van der Waals surface area contributed by atoms with Crippen molar-refractivity contribution in [2.75, 3.05) is 0 Å². The maximum absolute atomic E-state index is 13.8. The molecule has 1 heterocycles. The van der Waals surface area contributed by atoms with Crippen LogP contribution in [0.25, 0.3) is 11.4 Å². The molecule has 5 nitrogen and oxygen atoms in total. The summed E-state index contributed by atoms with van der Waals surface area (Å²) in [6, 6.07) is 8.08. The van der Waals surface area contributed by atoms with Gasteiger partial charge in [0.25, 0.3) is 0 Å². The number of ether oxygens (including phenoxy) is 1. The zero-order valence-corrected chi connectivity index (χ0v) is 15.3.